The maximum Gasteiger partial charge on any atom is 0.271 e. The molecule has 0 radical (unpaired) electrons. The third kappa shape index (κ3) is 5.28. The van der Waals surface area contributed by atoms with Gasteiger partial charge in [0.2, 0.25) is 0 Å². The van der Waals surface area contributed by atoms with E-state index < -0.39 is 0 Å². The Balaban J connectivity index is 1.82. The highest BCUT2D eigenvalue weighted by molar-refractivity contribution is 8.19. The van der Waals surface area contributed by atoms with Gasteiger partial charge in [0.15, 0.2) is 5.17 Å². The van der Waals surface area contributed by atoms with Gasteiger partial charge in [-0.15, -0.1) is 0 Å². The number of benzene rings is 3. The van der Waals surface area contributed by atoms with Gasteiger partial charge in [0, 0.05) is 20.6 Å². The van der Waals surface area contributed by atoms with Crippen LogP contribution in [-0.2, 0) is 4.79 Å². The predicted molar refractivity (Wildman–Crippen MR) is 145 cm³/mol. The van der Waals surface area contributed by atoms with E-state index in [1.165, 1.54) is 11.8 Å². The molecule has 0 N–H and O–H groups in total. The number of amides is 1. The van der Waals surface area contributed by atoms with E-state index in [9.17, 15) is 4.79 Å². The average molecular weight is 532 g/mol. The minimum Gasteiger partial charge on any atom is -0.493 e. The van der Waals surface area contributed by atoms with Crippen LogP contribution in [0.2, 0.25) is 15.1 Å². The average Bonchev–Trinajstić information content (AvgIpc) is 3.09. The van der Waals surface area contributed by atoms with Crippen molar-refractivity contribution in [2.24, 2.45) is 4.99 Å². The van der Waals surface area contributed by atoms with Crippen molar-refractivity contribution >= 4 is 75.1 Å². The van der Waals surface area contributed by atoms with Gasteiger partial charge in [-0.1, -0.05) is 46.9 Å². The van der Waals surface area contributed by atoms with E-state index in [4.69, 9.17) is 44.5 Å². The van der Waals surface area contributed by atoms with Crippen molar-refractivity contribution in [1.29, 1.82) is 0 Å². The zero-order valence-corrected chi connectivity index (χ0v) is 21.8. The zero-order chi connectivity index (χ0) is 24.4. The molecule has 1 aliphatic heterocycles. The Morgan fingerprint density at radius 2 is 1.68 bits per heavy atom. The van der Waals surface area contributed by atoms with Gasteiger partial charge < -0.3 is 4.74 Å². The molecule has 1 fully saturated rings. The number of aliphatic imine (C=N–C) groups is 1. The number of hydrogen-bond donors (Lipinski definition) is 0. The van der Waals surface area contributed by atoms with Crippen LogP contribution in [0.3, 0.4) is 0 Å². The van der Waals surface area contributed by atoms with Crippen molar-refractivity contribution in [3.05, 3.63) is 91.3 Å². The first-order valence-corrected chi connectivity index (χ1v) is 12.5. The first-order chi connectivity index (χ1) is 16.3. The molecule has 1 aliphatic rings. The Hall–Kier alpha value is -2.44. The molecule has 34 heavy (non-hydrogen) atoms. The lowest BCUT2D eigenvalue weighted by Crippen LogP contribution is -2.28. The number of halogens is 3. The lowest BCUT2D eigenvalue weighted by Gasteiger charge is -2.16. The third-order valence-electron chi connectivity index (χ3n) is 5.16. The lowest BCUT2D eigenvalue weighted by molar-refractivity contribution is -0.113. The Morgan fingerprint density at radius 1 is 0.971 bits per heavy atom. The van der Waals surface area contributed by atoms with Crippen LogP contribution in [0.25, 0.3) is 6.08 Å². The minimum atomic E-state index is -0.218. The Morgan fingerprint density at radius 3 is 2.35 bits per heavy atom. The first kappa shape index (κ1) is 24.7. The second-order valence-corrected chi connectivity index (χ2v) is 9.89. The molecule has 4 nitrogen and oxygen atoms in total. The van der Waals surface area contributed by atoms with E-state index in [0.29, 0.717) is 54.4 Å². The van der Waals surface area contributed by atoms with Crippen molar-refractivity contribution in [3.8, 4) is 5.75 Å². The van der Waals surface area contributed by atoms with E-state index in [-0.39, 0.29) is 5.91 Å². The summed E-state index contributed by atoms with van der Waals surface area (Å²) in [4.78, 5) is 20.4. The summed E-state index contributed by atoms with van der Waals surface area (Å²) in [6.45, 7) is 6.24. The van der Waals surface area contributed by atoms with Crippen LogP contribution >= 0.6 is 46.6 Å². The van der Waals surface area contributed by atoms with Gasteiger partial charge >= 0.3 is 0 Å². The van der Waals surface area contributed by atoms with E-state index in [1.807, 2.05) is 45.0 Å². The molecule has 4 rings (SSSR count). The zero-order valence-electron chi connectivity index (χ0n) is 18.7. The molecule has 3 aromatic rings. The van der Waals surface area contributed by atoms with Gasteiger partial charge in [-0.3, -0.25) is 9.69 Å². The number of nitrogens with zero attached hydrogens (tertiary/aromatic N) is 2. The fourth-order valence-corrected chi connectivity index (χ4v) is 4.84. The second kappa shape index (κ2) is 10.4. The number of hydrogen-bond acceptors (Lipinski definition) is 4. The predicted octanol–water partition coefficient (Wildman–Crippen LogP) is 8.47. The van der Waals surface area contributed by atoms with Crippen LogP contribution in [0.15, 0.2) is 64.5 Å². The summed E-state index contributed by atoms with van der Waals surface area (Å²) in [5, 5.41) is 2.23. The van der Waals surface area contributed by atoms with Crippen LogP contribution in [-0.4, -0.2) is 17.7 Å². The maximum absolute atomic E-state index is 13.6. The first-order valence-electron chi connectivity index (χ1n) is 10.5. The second-order valence-electron chi connectivity index (χ2n) is 7.63. The van der Waals surface area contributed by atoms with Crippen LogP contribution in [0.5, 0.6) is 5.75 Å². The summed E-state index contributed by atoms with van der Waals surface area (Å²) in [5.41, 5.74) is 3.86. The molecule has 1 amide bonds. The Labute approximate surface area is 218 Å². The summed E-state index contributed by atoms with van der Waals surface area (Å²) in [6.07, 6.45) is 1.78. The smallest absolute Gasteiger partial charge is 0.271 e. The number of anilines is 1. The van der Waals surface area contributed by atoms with Crippen LogP contribution in [0, 0.1) is 13.8 Å². The molecule has 0 atom stereocenters. The summed E-state index contributed by atoms with van der Waals surface area (Å²) in [7, 11) is 0. The van der Waals surface area contributed by atoms with Gasteiger partial charge in [0.25, 0.3) is 5.91 Å². The van der Waals surface area contributed by atoms with Gasteiger partial charge in [-0.05, 0) is 92.2 Å². The van der Waals surface area contributed by atoms with E-state index >= 15 is 0 Å². The number of carbonyl (C=O) groups excluding carboxylic acids is 1. The third-order valence-corrected chi connectivity index (χ3v) is 7.18. The highest BCUT2D eigenvalue weighted by Gasteiger charge is 2.35. The highest BCUT2D eigenvalue weighted by atomic mass is 35.5. The fraction of sp³-hybridized carbons (Fsp3) is 0.154. The van der Waals surface area contributed by atoms with Gasteiger partial charge in [0.05, 0.1) is 22.9 Å². The summed E-state index contributed by atoms with van der Waals surface area (Å²) in [5.74, 6) is 0.428. The molecule has 0 unspecified atom stereocenters. The molecule has 0 spiro atoms. The number of rotatable bonds is 5. The quantitative estimate of drug-likeness (QED) is 0.310. The van der Waals surface area contributed by atoms with Gasteiger partial charge in [-0.25, -0.2) is 4.99 Å². The molecule has 0 aromatic heterocycles. The van der Waals surface area contributed by atoms with Gasteiger partial charge in [-0.2, -0.15) is 0 Å². The van der Waals surface area contributed by atoms with Gasteiger partial charge in [0.1, 0.15) is 5.75 Å². The van der Waals surface area contributed by atoms with E-state index in [2.05, 4.69) is 0 Å². The van der Waals surface area contributed by atoms with Crippen molar-refractivity contribution in [2.75, 3.05) is 11.5 Å². The number of ether oxygens (including phenoxy) is 1. The van der Waals surface area contributed by atoms with Crippen LogP contribution < -0.4 is 9.64 Å². The SMILES string of the molecule is CCOc1ccc(Cl)cc1/C=C1/SC(=Nc2ccc(C)c(Cl)c2)N(c2ccc(C)c(Cl)c2)C1=O. The molecule has 0 bridgehead atoms. The molecular formula is C26H21Cl3N2O2S. The number of thioether (sulfide) groups is 1. The van der Waals surface area contributed by atoms with Crippen molar-refractivity contribution < 1.29 is 9.53 Å². The van der Waals surface area contributed by atoms with Crippen molar-refractivity contribution in [2.45, 2.75) is 20.8 Å². The standard InChI is InChI=1S/C26H21Cl3N2O2S/c1-4-33-23-10-7-18(27)11-17(23)12-24-25(32)31(20-9-6-16(3)22(29)14-20)26(34-24)30-19-8-5-15(2)21(28)13-19/h5-14H,4H2,1-3H3/b24-12+,30-26?. The monoisotopic (exact) mass is 530 g/mol. The largest absolute Gasteiger partial charge is 0.493 e. The molecule has 8 heteroatoms. The topological polar surface area (TPSA) is 41.9 Å². The number of carbonyl (C=O) groups is 1. The van der Waals surface area contributed by atoms with Crippen molar-refractivity contribution in [3.63, 3.8) is 0 Å². The minimum absolute atomic E-state index is 0.218. The molecular weight excluding hydrogens is 511 g/mol. The Bertz CT molecular complexity index is 1340. The number of aryl methyl sites for hydroxylation is 2. The molecule has 0 aliphatic carbocycles. The normalized spacial score (nSPS) is 16.1. The van der Waals surface area contributed by atoms with Crippen molar-refractivity contribution in [1.82, 2.24) is 0 Å². The highest BCUT2D eigenvalue weighted by Crippen LogP contribution is 2.40. The van der Waals surface area contributed by atoms with Crippen LogP contribution in [0.1, 0.15) is 23.6 Å². The molecule has 0 saturated carbocycles. The maximum atomic E-state index is 13.6. The Kier molecular flexibility index (Phi) is 7.58. The lowest BCUT2D eigenvalue weighted by atomic mass is 10.1. The number of amidine groups is 1. The molecule has 3 aromatic carbocycles. The molecule has 1 heterocycles. The van der Waals surface area contributed by atoms with E-state index in [1.54, 1.807) is 41.3 Å². The van der Waals surface area contributed by atoms with Crippen LogP contribution in [0.4, 0.5) is 11.4 Å². The molecule has 174 valence electrons. The summed E-state index contributed by atoms with van der Waals surface area (Å²) in [6, 6.07) is 16.4. The fourth-order valence-electron chi connectivity index (χ4n) is 3.32. The molecule has 1 saturated heterocycles. The van der Waals surface area contributed by atoms with E-state index in [0.717, 1.165) is 11.1 Å². The summed E-state index contributed by atoms with van der Waals surface area (Å²) < 4.78 is 5.73. The summed E-state index contributed by atoms with van der Waals surface area (Å²) >= 11 is 20.2.